The molecule has 0 radical (unpaired) electrons. The van der Waals surface area contributed by atoms with E-state index in [9.17, 15) is 5.26 Å². The average molecular weight is 1230 g/mol. The molecule has 17 aromatic rings. The molecule has 2 aliphatic carbocycles. The van der Waals surface area contributed by atoms with Crippen LogP contribution in [0.2, 0.25) is 0 Å². The van der Waals surface area contributed by atoms with Crippen molar-refractivity contribution in [2.75, 3.05) is 0 Å². The molecule has 5 heterocycles. The Bertz CT molecular complexity index is 6240. The predicted molar refractivity (Wildman–Crippen MR) is 384 cm³/mol. The first-order chi connectivity index (χ1) is 46.5. The highest BCUT2D eigenvalue weighted by atomic mass is 32.2. The molecular formula is C87H49N5S2. The molecule has 0 saturated carbocycles. The summed E-state index contributed by atoms with van der Waals surface area (Å²) in [5, 5.41) is 17.8. The largest absolute Gasteiger partial charge is 0.309 e. The minimum absolute atomic E-state index is 0.502. The van der Waals surface area contributed by atoms with E-state index in [-0.39, 0.29) is 0 Å². The van der Waals surface area contributed by atoms with E-state index in [1.165, 1.54) is 108 Å². The molecule has 434 valence electrons. The van der Waals surface area contributed by atoms with Crippen molar-refractivity contribution >= 4 is 88.8 Å². The van der Waals surface area contributed by atoms with Gasteiger partial charge in [0.25, 0.3) is 0 Å². The molecule has 21 rings (SSSR count). The van der Waals surface area contributed by atoms with E-state index >= 15 is 0 Å². The first-order valence-corrected chi connectivity index (χ1v) is 33.6. The first kappa shape index (κ1) is 52.1. The number of nitrogens with zero attached hydrogens (tertiary/aromatic N) is 5. The van der Waals surface area contributed by atoms with Gasteiger partial charge in [-0.05, 0) is 180 Å². The van der Waals surface area contributed by atoms with Gasteiger partial charge in [-0.2, -0.15) is 5.26 Å². The fourth-order valence-electron chi connectivity index (χ4n) is 17.1. The summed E-state index contributed by atoms with van der Waals surface area (Å²) in [5.41, 5.74) is 25.6. The summed E-state index contributed by atoms with van der Waals surface area (Å²) in [6.07, 6.45) is 0. The monoisotopic (exact) mass is 1230 g/mol. The van der Waals surface area contributed by atoms with Crippen LogP contribution < -0.4 is 0 Å². The molecule has 7 heteroatoms. The maximum Gasteiger partial charge on any atom is 0.235 e. The highest BCUT2D eigenvalue weighted by Crippen LogP contribution is 2.66. The number of fused-ring (bicyclic) bond motifs is 26. The third kappa shape index (κ3) is 6.85. The zero-order valence-electron chi connectivity index (χ0n) is 50.3. The Hall–Kier alpha value is -11.5. The molecule has 94 heavy (non-hydrogen) atoms. The van der Waals surface area contributed by atoms with Crippen molar-refractivity contribution < 1.29 is 0 Å². The van der Waals surface area contributed by atoms with Gasteiger partial charge in [0, 0.05) is 57.8 Å². The quantitative estimate of drug-likeness (QED) is 0.176. The molecule has 0 fully saturated rings. The van der Waals surface area contributed by atoms with E-state index in [4.69, 9.17) is 9.97 Å². The van der Waals surface area contributed by atoms with Crippen molar-refractivity contribution in [3.63, 3.8) is 0 Å². The number of nitriles is 1. The van der Waals surface area contributed by atoms with Gasteiger partial charge in [-0.1, -0.05) is 230 Å². The SMILES string of the molecule is N#Cc1ccc(-n2c3ccccc3c3cc4c(cc32)Sc2ccccc2C42c3ccccc3-c3c(-c4ccc5ccc(-c6nc(-n7c8ccccc8c8cc9c(cc87)Sc7ccccc7C97c8ccccc8-c8ccccc87)nc7ccccc67)cc5c4)cccc32)cc1. The number of rotatable bonds is 4. The van der Waals surface area contributed by atoms with Gasteiger partial charge in [-0.15, -0.1) is 0 Å². The Morgan fingerprint density at radius 3 is 1.46 bits per heavy atom. The smallest absolute Gasteiger partial charge is 0.235 e. The van der Waals surface area contributed by atoms with E-state index in [1.54, 1.807) is 0 Å². The minimum atomic E-state index is -0.614. The molecule has 0 amide bonds. The molecule has 3 aromatic heterocycles. The van der Waals surface area contributed by atoms with Gasteiger partial charge in [0.15, 0.2) is 0 Å². The van der Waals surface area contributed by atoms with Gasteiger partial charge in [0.05, 0.1) is 55.7 Å². The summed E-state index contributed by atoms with van der Waals surface area (Å²) < 4.78 is 4.68. The van der Waals surface area contributed by atoms with Crippen LogP contribution >= 0.6 is 23.5 Å². The van der Waals surface area contributed by atoms with Crippen LogP contribution in [0.3, 0.4) is 0 Å². The molecule has 4 aliphatic rings. The fraction of sp³-hybridized carbons (Fsp3) is 0.0230. The normalized spacial score (nSPS) is 15.1. The maximum atomic E-state index is 9.76. The summed E-state index contributed by atoms with van der Waals surface area (Å²) in [5.74, 6) is 0.635. The summed E-state index contributed by atoms with van der Waals surface area (Å²) >= 11 is 3.73. The van der Waals surface area contributed by atoms with Crippen molar-refractivity contribution in [2.45, 2.75) is 30.4 Å². The lowest BCUT2D eigenvalue weighted by Gasteiger charge is -2.40. The second-order valence-corrected chi connectivity index (χ2v) is 27.5. The van der Waals surface area contributed by atoms with Gasteiger partial charge in [-0.25, -0.2) is 9.97 Å². The van der Waals surface area contributed by atoms with Crippen molar-refractivity contribution in [3.05, 3.63) is 347 Å². The van der Waals surface area contributed by atoms with Crippen LogP contribution in [-0.2, 0) is 10.8 Å². The van der Waals surface area contributed by atoms with Crippen LogP contribution in [0.1, 0.15) is 50.1 Å². The lowest BCUT2D eigenvalue weighted by Crippen LogP contribution is -2.32. The van der Waals surface area contributed by atoms with Gasteiger partial charge in [0.1, 0.15) is 0 Å². The van der Waals surface area contributed by atoms with E-state index < -0.39 is 10.8 Å². The first-order valence-electron chi connectivity index (χ1n) is 32.0. The second kappa shape index (κ2) is 19.3. The molecule has 0 bridgehead atoms. The summed E-state index contributed by atoms with van der Waals surface area (Å²) in [7, 11) is 0. The highest BCUT2D eigenvalue weighted by molar-refractivity contribution is 7.99. The Balaban J connectivity index is 0.734. The fourth-order valence-corrected chi connectivity index (χ4v) is 19.5. The van der Waals surface area contributed by atoms with E-state index in [0.717, 1.165) is 71.6 Å². The lowest BCUT2D eigenvalue weighted by molar-refractivity contribution is 0.724. The Morgan fingerprint density at radius 2 is 0.809 bits per heavy atom. The standard InChI is InChI=1S/C87H49N5S2/c88-50-51-36-42-56(43-37-51)91-75-32-13-5-20-60(75)64-46-73-81(48-77(64)91)94-80-35-16-11-29-70(80)87(73)68-27-9-3-22-62(68)83-57(24-17-30-71(83)87)53-40-38-52-39-41-54(45-55(52)44-53)84-63-23-4-12-31-74(63)89-85(90-84)92-76-33-14-6-21-61(76)65-47-72-82(49-78(65)92)93-79-34-15-10-28-69(79)86(72)66-25-7-1-18-58(66)59-19-2-8-26-67(59)86/h1-49H. The third-order valence-electron chi connectivity index (χ3n) is 20.9. The number of benzene rings is 14. The Morgan fingerprint density at radius 1 is 0.319 bits per heavy atom. The summed E-state index contributed by atoms with van der Waals surface area (Å²) in [4.78, 5) is 16.2. The molecule has 1 atom stereocenters. The molecule has 5 nitrogen and oxygen atoms in total. The zero-order valence-corrected chi connectivity index (χ0v) is 52.0. The number of para-hydroxylation sites is 3. The van der Waals surface area contributed by atoms with Crippen LogP contribution in [-0.4, -0.2) is 19.1 Å². The molecule has 2 aliphatic heterocycles. The molecule has 0 N–H and O–H groups in total. The second-order valence-electron chi connectivity index (χ2n) is 25.3. The molecule has 14 aromatic carbocycles. The van der Waals surface area contributed by atoms with Crippen molar-refractivity contribution in [1.29, 1.82) is 5.26 Å². The van der Waals surface area contributed by atoms with E-state index in [1.807, 2.05) is 35.7 Å². The summed E-state index contributed by atoms with van der Waals surface area (Å²) in [6.45, 7) is 0. The number of hydrogen-bond donors (Lipinski definition) is 0. The molecular weight excluding hydrogens is 1180 g/mol. The van der Waals surface area contributed by atoms with Gasteiger partial charge < -0.3 is 4.57 Å². The highest BCUT2D eigenvalue weighted by Gasteiger charge is 2.52. The third-order valence-corrected chi connectivity index (χ3v) is 23.1. The van der Waals surface area contributed by atoms with Gasteiger partial charge in [-0.3, -0.25) is 4.57 Å². The van der Waals surface area contributed by atoms with Gasteiger partial charge in [0.2, 0.25) is 5.95 Å². The average Bonchev–Trinajstić information content (AvgIpc) is 1.48. The predicted octanol–water partition coefficient (Wildman–Crippen LogP) is 21.8. The van der Waals surface area contributed by atoms with Crippen LogP contribution in [0.15, 0.2) is 317 Å². The topological polar surface area (TPSA) is 59.4 Å². The van der Waals surface area contributed by atoms with Crippen LogP contribution in [0, 0.1) is 11.3 Å². The van der Waals surface area contributed by atoms with Crippen molar-refractivity contribution in [2.24, 2.45) is 0 Å². The van der Waals surface area contributed by atoms with Crippen LogP contribution in [0.25, 0.3) is 122 Å². The Kier molecular flexibility index (Phi) is 10.7. The minimum Gasteiger partial charge on any atom is -0.309 e. The molecule has 0 saturated heterocycles. The maximum absolute atomic E-state index is 9.76. The zero-order chi connectivity index (χ0) is 61.5. The molecule has 2 spiro atoms. The van der Waals surface area contributed by atoms with Crippen molar-refractivity contribution in [3.8, 4) is 62.3 Å². The number of aromatic nitrogens is 4. The molecule has 1 unspecified atom stereocenters. The summed E-state index contributed by atoms with van der Waals surface area (Å²) in [6, 6.07) is 112. The van der Waals surface area contributed by atoms with Gasteiger partial charge >= 0.3 is 0 Å². The van der Waals surface area contributed by atoms with Crippen LogP contribution in [0.5, 0.6) is 0 Å². The van der Waals surface area contributed by atoms with E-state index in [0.29, 0.717) is 11.5 Å². The lowest BCUT2D eigenvalue weighted by atomic mass is 9.67. The van der Waals surface area contributed by atoms with Crippen LogP contribution in [0.4, 0.5) is 0 Å². The van der Waals surface area contributed by atoms with E-state index in [2.05, 4.69) is 300 Å². The van der Waals surface area contributed by atoms with Crippen molar-refractivity contribution in [1.82, 2.24) is 19.1 Å². The Labute approximate surface area is 549 Å². The number of hydrogen-bond acceptors (Lipinski definition) is 5.